The van der Waals surface area contributed by atoms with Crippen molar-refractivity contribution in [2.45, 2.75) is 44.7 Å². The second-order valence-corrected chi connectivity index (χ2v) is 11.0. The molecule has 2 aromatic rings. The number of carbonyl (C=O) groups is 2. The van der Waals surface area contributed by atoms with Crippen molar-refractivity contribution >= 4 is 51.0 Å². The van der Waals surface area contributed by atoms with Gasteiger partial charge in [-0.25, -0.2) is 4.98 Å². The Morgan fingerprint density at radius 1 is 1.39 bits per heavy atom. The number of nitrogens with zero attached hydrogens (tertiary/aromatic N) is 3. The molecule has 1 saturated carbocycles. The van der Waals surface area contributed by atoms with Crippen molar-refractivity contribution in [3.8, 4) is 5.88 Å². The molecule has 2 aromatic heterocycles. The fourth-order valence-electron chi connectivity index (χ4n) is 4.59. The lowest BCUT2D eigenvalue weighted by Gasteiger charge is -2.30. The van der Waals surface area contributed by atoms with Gasteiger partial charge in [0.25, 0.3) is 5.91 Å². The van der Waals surface area contributed by atoms with Crippen molar-refractivity contribution in [1.29, 1.82) is 0 Å². The van der Waals surface area contributed by atoms with Crippen LogP contribution in [0, 0.1) is 5.92 Å². The van der Waals surface area contributed by atoms with Gasteiger partial charge in [0, 0.05) is 35.0 Å². The molecule has 1 aliphatic carbocycles. The van der Waals surface area contributed by atoms with Gasteiger partial charge in [-0.3, -0.25) is 14.6 Å². The van der Waals surface area contributed by atoms with Gasteiger partial charge in [-0.05, 0) is 46.5 Å². The maximum Gasteiger partial charge on any atom is 0.262 e. The van der Waals surface area contributed by atoms with E-state index in [2.05, 4.69) is 41.4 Å². The first kappa shape index (κ1) is 26.2. The molecular weight excluding hydrogens is 544 g/mol. The predicted molar refractivity (Wildman–Crippen MR) is 145 cm³/mol. The number of halogens is 1. The monoisotopic (exact) mass is 574 g/mol. The Hall–Kier alpha value is -2.92. The van der Waals surface area contributed by atoms with Crippen molar-refractivity contribution < 1.29 is 14.3 Å². The van der Waals surface area contributed by atoms with Crippen LogP contribution in [0.5, 0.6) is 5.88 Å². The summed E-state index contributed by atoms with van der Waals surface area (Å²) in [5, 5.41) is 5.75. The number of rotatable bonds is 9. The Morgan fingerprint density at radius 3 is 2.94 bits per heavy atom. The molecule has 4 rings (SSSR count). The number of carbonyl (C=O) groups excluding carboxylic acids is 2. The van der Waals surface area contributed by atoms with E-state index in [1.54, 1.807) is 13.2 Å². The molecule has 1 atom stereocenters. The van der Waals surface area contributed by atoms with E-state index in [9.17, 15) is 9.59 Å². The van der Waals surface area contributed by atoms with Crippen LogP contribution in [0.4, 0.5) is 5.69 Å². The van der Waals surface area contributed by atoms with Crippen LogP contribution in [0.25, 0.3) is 0 Å². The first-order valence-corrected chi connectivity index (χ1v) is 13.7. The van der Waals surface area contributed by atoms with E-state index in [1.807, 2.05) is 18.2 Å². The smallest absolute Gasteiger partial charge is 0.262 e. The van der Waals surface area contributed by atoms with Crippen LogP contribution < -0.4 is 26.0 Å². The summed E-state index contributed by atoms with van der Waals surface area (Å²) in [6.45, 7) is 1.92. The van der Waals surface area contributed by atoms with E-state index >= 15 is 0 Å². The van der Waals surface area contributed by atoms with Crippen molar-refractivity contribution in [2.75, 3.05) is 25.1 Å². The van der Waals surface area contributed by atoms with Crippen molar-refractivity contribution in [1.82, 2.24) is 15.6 Å². The van der Waals surface area contributed by atoms with E-state index in [4.69, 9.17) is 10.5 Å². The lowest BCUT2D eigenvalue weighted by molar-refractivity contribution is -0.122. The quantitative estimate of drug-likeness (QED) is 0.393. The minimum Gasteiger partial charge on any atom is -0.474 e. The minimum atomic E-state index is -0.652. The number of anilines is 1. The van der Waals surface area contributed by atoms with E-state index in [0.29, 0.717) is 41.9 Å². The van der Waals surface area contributed by atoms with E-state index in [0.717, 1.165) is 47.3 Å². The van der Waals surface area contributed by atoms with Gasteiger partial charge in [0.15, 0.2) is 0 Å². The summed E-state index contributed by atoms with van der Waals surface area (Å²) in [7, 11) is 1.60. The summed E-state index contributed by atoms with van der Waals surface area (Å²) in [6, 6.07) is 5.11. The molecule has 9 nitrogen and oxygen atoms in total. The summed E-state index contributed by atoms with van der Waals surface area (Å²) in [6.07, 6.45) is 9.57. The van der Waals surface area contributed by atoms with Crippen LogP contribution in [0.3, 0.4) is 0 Å². The van der Waals surface area contributed by atoms with Gasteiger partial charge in [0.05, 0.1) is 23.7 Å². The zero-order valence-electron chi connectivity index (χ0n) is 20.2. The van der Waals surface area contributed by atoms with Crippen molar-refractivity contribution in [3.63, 3.8) is 0 Å². The predicted octanol–water partition coefficient (Wildman–Crippen LogP) is 3.60. The standard InChI is InChI=1S/C25H31BrN6O3S/c1-28-14-18(12-27)30-23(33)20(10-16-4-2-3-5-16)31-24(34)22-7-6-19(36-22)15-32-8-9-35-25-21(32)11-17(26)13-29-25/h6-7,11-14,16,20H,2-5,8-10,15,27H2,1H3,(H,30,33)(H,31,34)/b18-12+,28-14?. The third-order valence-electron chi connectivity index (χ3n) is 6.35. The summed E-state index contributed by atoms with van der Waals surface area (Å²) in [5.41, 5.74) is 6.93. The average molecular weight is 576 g/mol. The van der Waals surface area contributed by atoms with Crippen LogP contribution >= 0.6 is 27.3 Å². The second-order valence-electron chi connectivity index (χ2n) is 8.92. The molecule has 3 heterocycles. The molecule has 4 N–H and O–H groups in total. The third-order valence-corrected chi connectivity index (χ3v) is 7.85. The number of hydrogen-bond donors (Lipinski definition) is 3. The fourth-order valence-corrected chi connectivity index (χ4v) is 5.84. The van der Waals surface area contributed by atoms with Gasteiger partial charge < -0.3 is 26.0 Å². The van der Waals surface area contributed by atoms with Gasteiger partial charge in [-0.1, -0.05) is 25.7 Å². The number of pyridine rings is 1. The summed E-state index contributed by atoms with van der Waals surface area (Å²) in [4.78, 5) is 38.3. The van der Waals surface area contributed by atoms with Crippen LogP contribution in [0.2, 0.25) is 0 Å². The Labute approximate surface area is 223 Å². The first-order chi connectivity index (χ1) is 17.5. The number of nitrogens with two attached hydrogens (primary N) is 1. The van der Waals surface area contributed by atoms with Gasteiger partial charge >= 0.3 is 0 Å². The molecule has 0 spiro atoms. The van der Waals surface area contributed by atoms with Gasteiger partial charge in [0.2, 0.25) is 11.8 Å². The Bertz CT molecular complexity index is 1140. The summed E-state index contributed by atoms with van der Waals surface area (Å²) >= 11 is 4.90. The van der Waals surface area contributed by atoms with Gasteiger partial charge in [-0.15, -0.1) is 11.3 Å². The molecule has 0 saturated heterocycles. The zero-order chi connectivity index (χ0) is 25.5. The largest absolute Gasteiger partial charge is 0.474 e. The average Bonchev–Trinajstić information content (AvgIpc) is 3.56. The highest BCUT2D eigenvalue weighted by molar-refractivity contribution is 9.10. The molecule has 192 valence electrons. The molecule has 2 amide bonds. The molecule has 1 aliphatic heterocycles. The molecule has 1 unspecified atom stereocenters. The van der Waals surface area contributed by atoms with E-state index in [-0.39, 0.29) is 11.8 Å². The molecule has 0 bridgehead atoms. The number of fused-ring (bicyclic) bond motifs is 1. The lowest BCUT2D eigenvalue weighted by atomic mass is 9.97. The SMILES string of the molecule is CN=C/C(=C\N)NC(=O)C(CC1CCCC1)NC(=O)c1ccc(CN2CCOc3ncc(Br)cc32)s1. The van der Waals surface area contributed by atoms with E-state index < -0.39 is 6.04 Å². The number of aromatic nitrogens is 1. The number of ether oxygens (including phenoxy) is 1. The first-order valence-electron chi connectivity index (χ1n) is 12.0. The van der Waals surface area contributed by atoms with Crippen molar-refractivity contribution in [3.05, 3.63) is 50.5 Å². The van der Waals surface area contributed by atoms with Crippen LogP contribution in [-0.2, 0) is 11.3 Å². The second kappa shape index (κ2) is 12.4. The highest BCUT2D eigenvalue weighted by Gasteiger charge is 2.28. The molecule has 1 fully saturated rings. The third kappa shape index (κ3) is 6.64. The number of allylic oxidation sites excluding steroid dienone is 1. The molecule has 2 aliphatic rings. The number of amides is 2. The summed E-state index contributed by atoms with van der Waals surface area (Å²) < 4.78 is 6.55. The zero-order valence-corrected chi connectivity index (χ0v) is 22.6. The van der Waals surface area contributed by atoms with Crippen LogP contribution in [-0.4, -0.2) is 49.3 Å². The van der Waals surface area contributed by atoms with Crippen LogP contribution in [0.1, 0.15) is 46.7 Å². The van der Waals surface area contributed by atoms with Gasteiger partial charge in [0.1, 0.15) is 18.3 Å². The lowest BCUT2D eigenvalue weighted by Crippen LogP contribution is -2.47. The molecule has 0 radical (unpaired) electrons. The van der Waals surface area contributed by atoms with Crippen molar-refractivity contribution in [2.24, 2.45) is 16.6 Å². The highest BCUT2D eigenvalue weighted by Crippen LogP contribution is 2.34. The number of aliphatic imine (C=N–C) groups is 1. The number of thiophene rings is 1. The molecule has 36 heavy (non-hydrogen) atoms. The Morgan fingerprint density at radius 2 is 2.19 bits per heavy atom. The number of hydrogen-bond acceptors (Lipinski definition) is 8. The summed E-state index contributed by atoms with van der Waals surface area (Å²) in [5.74, 6) is 0.489. The molecule has 11 heteroatoms. The number of nitrogens with one attached hydrogen (secondary N) is 2. The maximum atomic E-state index is 13.2. The fraction of sp³-hybridized carbons (Fsp3) is 0.440. The van der Waals surface area contributed by atoms with E-state index in [1.165, 1.54) is 23.8 Å². The Balaban J connectivity index is 1.44. The molecule has 0 aromatic carbocycles. The highest BCUT2D eigenvalue weighted by atomic mass is 79.9. The maximum absolute atomic E-state index is 13.2. The Kier molecular flexibility index (Phi) is 8.98. The molecular formula is C25H31BrN6O3S. The topological polar surface area (TPSA) is 122 Å². The minimum absolute atomic E-state index is 0.251. The van der Waals surface area contributed by atoms with Crippen LogP contribution in [0.15, 0.2) is 45.8 Å². The van der Waals surface area contributed by atoms with Gasteiger partial charge in [-0.2, -0.15) is 0 Å². The normalized spacial score (nSPS) is 17.1.